The summed E-state index contributed by atoms with van der Waals surface area (Å²) in [4.78, 5) is 48.6. The minimum Gasteiger partial charge on any atom is -0.477 e. The Labute approximate surface area is 528 Å². The lowest BCUT2D eigenvalue weighted by molar-refractivity contribution is -0.407. The molecule has 41 nitrogen and oxygen atoms in total. The topological polar surface area (TPSA) is 644 Å². The molecule has 7 aliphatic heterocycles. The van der Waals surface area contributed by atoms with E-state index in [9.17, 15) is 116 Å². The smallest absolute Gasteiger partial charge is 0.364 e. The maximum atomic E-state index is 12.9. The summed E-state index contributed by atoms with van der Waals surface area (Å²) in [5.74, 6) is -7.34. The molecule has 37 atom stereocenters. The van der Waals surface area contributed by atoms with Crippen LogP contribution >= 0.6 is 0 Å². The molecule has 0 aromatic carbocycles. The van der Waals surface area contributed by atoms with E-state index in [1.807, 2.05) is 0 Å². The number of aliphatic hydroxyl groups excluding tert-OH is 17. The van der Waals surface area contributed by atoms with Crippen molar-refractivity contribution in [3.63, 3.8) is 0 Å². The van der Waals surface area contributed by atoms with Crippen molar-refractivity contribution in [2.24, 2.45) is 11.7 Å². The largest absolute Gasteiger partial charge is 0.477 e. The van der Waals surface area contributed by atoms with E-state index in [4.69, 9.17) is 72.0 Å². The molecule has 41 heteroatoms. The summed E-state index contributed by atoms with van der Waals surface area (Å²) in [7, 11) is 1.53. The molecule has 2 amide bonds. The number of carbonyl (C=O) groups is 4. The Balaban J connectivity index is 1.13. The van der Waals surface area contributed by atoms with Crippen molar-refractivity contribution >= 4 is 24.3 Å². The maximum absolute atomic E-state index is 12.9. The van der Waals surface area contributed by atoms with Crippen LogP contribution in [0.2, 0.25) is 0 Å². The summed E-state index contributed by atoms with van der Waals surface area (Å²) < 4.78 is 81.8. The third kappa shape index (κ3) is 16.8. The van der Waals surface area contributed by atoms with Crippen LogP contribution in [0.15, 0.2) is 0 Å². The van der Waals surface area contributed by atoms with Gasteiger partial charge in [0.1, 0.15) is 140 Å². The molecular formula is C52H88N4O37. The van der Waals surface area contributed by atoms with Gasteiger partial charge in [0.05, 0.1) is 63.4 Å². The lowest BCUT2D eigenvalue weighted by atomic mass is 9.90. The second kappa shape index (κ2) is 32.9. The number of aliphatic carboxylic acids is 1. The van der Waals surface area contributed by atoms with Crippen LogP contribution in [0, 0.1) is 5.92 Å². The van der Waals surface area contributed by atoms with Gasteiger partial charge >= 0.3 is 5.97 Å². The zero-order valence-electron chi connectivity index (χ0n) is 50.5. The van der Waals surface area contributed by atoms with Crippen molar-refractivity contribution in [3.8, 4) is 0 Å². The number of likely N-dealkylation sites (N-methyl/N-ethyl adjacent to an activating group) is 1. The van der Waals surface area contributed by atoms with E-state index in [0.29, 0.717) is 0 Å². The van der Waals surface area contributed by atoms with Gasteiger partial charge in [0.25, 0.3) is 12.3 Å². The van der Waals surface area contributed by atoms with Gasteiger partial charge in [-0.2, -0.15) is 0 Å². The fraction of sp³-hybridized carbons (Fsp3) is 0.923. The van der Waals surface area contributed by atoms with Crippen LogP contribution < -0.4 is 21.7 Å². The normalized spacial score (nSPS) is 47.5. The number of aliphatic hydroxyl groups is 18. The lowest BCUT2D eigenvalue weighted by Crippen LogP contribution is -2.70. The van der Waals surface area contributed by atoms with Crippen molar-refractivity contribution in [2.75, 3.05) is 40.1 Å². The molecule has 93 heavy (non-hydrogen) atoms. The van der Waals surface area contributed by atoms with Crippen molar-refractivity contribution in [2.45, 2.75) is 255 Å². The lowest BCUT2D eigenvalue weighted by Gasteiger charge is -2.52. The molecule has 0 bridgehead atoms. The molecule has 538 valence electrons. The van der Waals surface area contributed by atoms with Gasteiger partial charge in [-0.05, 0) is 14.0 Å². The third-order valence-corrected chi connectivity index (χ3v) is 17.2. The molecule has 0 aromatic rings. The number of ether oxygens (including phenoxy) is 14. The fourth-order valence-corrected chi connectivity index (χ4v) is 12.1. The number of carboxylic acids is 1. The van der Waals surface area contributed by atoms with E-state index in [1.54, 1.807) is 6.92 Å². The molecule has 7 aliphatic rings. The standard InChI is InChI=1S/C52H88N4O37/c1-13-24(55-15(3)62)46(92-47(27(13)68)81-12-61)89-41-25(54-5)14(2)82-45(26(41)56-16(4)63)80-11-22-28(69)29(70)23(53)44(84-22)88-40-21(10-60)83-48(34(75)32(40)73)91-43-38(19(66)8-58)87-50(86-37-17(64)6-52(79,51(77)78)93-39(37)20(67)9-59)35(76)42(43)90-49-33(74)30(71)31(72)36(85-49)18(65)7-57/h12-14,17-50,54,57-60,64-76,79H,6-11,53H2,1-5H3,(H,55,62)(H,56,63)(H,77,78)/t13-,14?,17-,18?,19?,20?,21?,22?,23?,24?,25-,26?,27+,28-,29-,30+,31+,32-,33?,34?,35+,36?,37+,38?,39?,40-,41+,42?,43+,44+,45-,46-,47?,48+,49-,50+,52-/m1/s1. The molecule has 7 saturated heterocycles. The molecule has 24 N–H and O–H groups in total. The van der Waals surface area contributed by atoms with Gasteiger partial charge in [0, 0.05) is 26.2 Å². The average molecular weight is 1360 g/mol. The molecule has 0 spiro atoms. The van der Waals surface area contributed by atoms with Crippen LogP contribution in [0.5, 0.6) is 0 Å². The minimum absolute atomic E-state index is 0.0362. The van der Waals surface area contributed by atoms with Crippen LogP contribution in [-0.4, -0.2) is 382 Å². The summed E-state index contributed by atoms with van der Waals surface area (Å²) in [6, 6.07) is -4.94. The highest BCUT2D eigenvalue weighted by Crippen LogP contribution is 2.40. The van der Waals surface area contributed by atoms with Gasteiger partial charge in [-0.25, -0.2) is 4.79 Å². The van der Waals surface area contributed by atoms with Crippen LogP contribution in [0.1, 0.15) is 34.1 Å². The van der Waals surface area contributed by atoms with Gasteiger partial charge < -0.3 is 185 Å². The van der Waals surface area contributed by atoms with Gasteiger partial charge in [-0.1, -0.05) is 6.92 Å². The molecule has 7 fully saturated rings. The average Bonchev–Trinajstić information content (AvgIpc) is 0.818. The minimum atomic E-state index is -3.21. The Morgan fingerprint density at radius 3 is 1.67 bits per heavy atom. The molecule has 0 aromatic heterocycles. The predicted octanol–water partition coefficient (Wildman–Crippen LogP) is -14.8. The highest BCUT2D eigenvalue weighted by molar-refractivity contribution is 5.75. The van der Waals surface area contributed by atoms with Gasteiger partial charge in [0.2, 0.25) is 18.1 Å². The Hall–Kier alpha value is -3.44. The van der Waals surface area contributed by atoms with Gasteiger partial charge in [-0.3, -0.25) is 14.4 Å². The highest BCUT2D eigenvalue weighted by atomic mass is 16.8. The van der Waals surface area contributed by atoms with Crippen LogP contribution in [0.3, 0.4) is 0 Å². The third-order valence-electron chi connectivity index (χ3n) is 17.2. The summed E-state index contributed by atoms with van der Waals surface area (Å²) in [5, 5.41) is 215. The van der Waals surface area contributed by atoms with Crippen molar-refractivity contribution in [1.82, 2.24) is 16.0 Å². The summed E-state index contributed by atoms with van der Waals surface area (Å²) in [6.45, 7) is -0.0280. The molecule has 16 unspecified atom stereocenters. The molecule has 7 rings (SSSR count). The number of nitrogens with one attached hydrogen (secondary N) is 3. The molecular weight excluding hydrogens is 1270 g/mol. The number of hydrogen-bond donors (Lipinski definition) is 23. The van der Waals surface area contributed by atoms with Gasteiger partial charge in [0.15, 0.2) is 37.7 Å². The maximum Gasteiger partial charge on any atom is 0.364 e. The molecule has 0 radical (unpaired) electrons. The highest BCUT2D eigenvalue weighted by Gasteiger charge is 2.61. The van der Waals surface area contributed by atoms with Gasteiger partial charge in [-0.15, -0.1) is 0 Å². The van der Waals surface area contributed by atoms with Crippen LogP contribution in [-0.2, 0) is 85.5 Å². The fourth-order valence-electron chi connectivity index (χ4n) is 12.1. The zero-order valence-corrected chi connectivity index (χ0v) is 50.5. The van der Waals surface area contributed by atoms with E-state index in [-0.39, 0.29) is 6.47 Å². The number of nitrogens with two attached hydrogens (primary N) is 1. The summed E-state index contributed by atoms with van der Waals surface area (Å²) >= 11 is 0. The van der Waals surface area contributed by atoms with E-state index < -0.39 is 284 Å². The van der Waals surface area contributed by atoms with E-state index >= 15 is 0 Å². The second-order valence-corrected chi connectivity index (χ2v) is 23.7. The summed E-state index contributed by atoms with van der Waals surface area (Å²) in [5.41, 5.74) is 6.30. The predicted molar refractivity (Wildman–Crippen MR) is 289 cm³/mol. The van der Waals surface area contributed by atoms with E-state index in [0.717, 1.165) is 6.92 Å². The molecule has 0 aliphatic carbocycles. The van der Waals surface area contributed by atoms with E-state index in [1.165, 1.54) is 20.9 Å². The first kappa shape index (κ1) is 76.9. The van der Waals surface area contributed by atoms with Crippen LogP contribution in [0.25, 0.3) is 0 Å². The van der Waals surface area contributed by atoms with Crippen molar-refractivity contribution in [3.05, 3.63) is 0 Å². The monoisotopic (exact) mass is 1360 g/mol. The second-order valence-electron chi connectivity index (χ2n) is 23.7. The first-order chi connectivity index (χ1) is 43.8. The number of hydrogen-bond acceptors (Lipinski definition) is 38. The number of carboxylic acid groups (broad SMARTS) is 1. The first-order valence-electron chi connectivity index (χ1n) is 29.6. The Bertz CT molecular complexity index is 2400. The Morgan fingerprint density at radius 2 is 1.08 bits per heavy atom. The van der Waals surface area contributed by atoms with E-state index in [2.05, 4.69) is 16.0 Å². The number of rotatable bonds is 26. The SMILES string of the molecule is CN[C@@H]1C(C)O[C@@H](OCC2O[C@@H](O[C@@H]3C(CO)O[C@@H](O[C@H]4C(C(O)CO)O[C@H](O[C@@H]5C(C(O)CO)O[C@@](O)(C(=O)O)C[C@H]5O)[C@@H](O)C4O[C@H]4OC(C(O)CO)[C@@H](O)[C@H](O)C4O)C(O)[C@H]3O)C(N)[C@@H](O)[C@@H]2O)C(NC(C)=O)[C@H]1O[C@@H]1OC(OC=O)[C@@H](O)[C@H](C)C1NC(C)=O. The number of carbonyl (C=O) groups excluding carboxylic acids is 3. The quantitative estimate of drug-likeness (QED) is 0.0358. The van der Waals surface area contributed by atoms with Crippen molar-refractivity contribution < 1.29 is 183 Å². The Kier molecular flexibility index (Phi) is 27.2. The van der Waals surface area contributed by atoms with Crippen molar-refractivity contribution in [1.29, 1.82) is 0 Å². The zero-order chi connectivity index (χ0) is 69.0. The number of amides is 2. The van der Waals surface area contributed by atoms with Crippen LogP contribution in [0.4, 0.5) is 0 Å². The first-order valence-corrected chi connectivity index (χ1v) is 29.6. The molecule has 7 heterocycles. The molecule has 0 saturated carbocycles. The summed E-state index contributed by atoms with van der Waals surface area (Å²) in [6.07, 6.45) is -63.3. The Morgan fingerprint density at radius 1 is 0.548 bits per heavy atom.